The Hall–Kier alpha value is -1.43. The molecule has 2 bridgehead atoms. The largest absolute Gasteiger partial charge is 0.481 e. The summed E-state index contributed by atoms with van der Waals surface area (Å²) in [5, 5.41) is 14.8. The van der Waals surface area contributed by atoms with Crippen molar-refractivity contribution in [3.8, 4) is 0 Å². The molecule has 2 heterocycles. The molecule has 2 saturated heterocycles. The van der Waals surface area contributed by atoms with E-state index in [1.807, 2.05) is 6.21 Å². The number of hydrogen-bond acceptors (Lipinski definition) is 4. The van der Waals surface area contributed by atoms with E-state index in [2.05, 4.69) is 5.10 Å². The summed E-state index contributed by atoms with van der Waals surface area (Å²) in [6.07, 6.45) is 15.7. The molecule has 1 saturated carbocycles. The number of unbranched alkanes of at least 4 members (excludes halogenated alkanes) is 3. The van der Waals surface area contributed by atoms with Crippen molar-refractivity contribution in [2.24, 2.45) is 22.9 Å². The molecular formula is C22H36N2O4. The molecule has 6 heteroatoms. The van der Waals surface area contributed by atoms with Crippen LogP contribution in [0.4, 0.5) is 0 Å². The number of aliphatic carboxylic acids is 1. The van der Waals surface area contributed by atoms with E-state index >= 15 is 0 Å². The number of amides is 1. The maximum absolute atomic E-state index is 12.6. The number of rotatable bonds is 10. The minimum absolute atomic E-state index is 0.147. The number of carboxylic acids is 1. The molecule has 0 aromatic rings. The van der Waals surface area contributed by atoms with Crippen LogP contribution in [-0.4, -0.2) is 47.5 Å². The van der Waals surface area contributed by atoms with Crippen LogP contribution in [-0.2, 0) is 14.3 Å². The summed E-state index contributed by atoms with van der Waals surface area (Å²) in [4.78, 5) is 23.2. The van der Waals surface area contributed by atoms with Gasteiger partial charge in [0.25, 0.3) is 0 Å². The summed E-state index contributed by atoms with van der Waals surface area (Å²) in [6.45, 7) is 0. The third-order valence-electron chi connectivity index (χ3n) is 6.85. The first-order valence-corrected chi connectivity index (χ1v) is 11.2. The summed E-state index contributed by atoms with van der Waals surface area (Å²) in [7, 11) is 1.79. The van der Waals surface area contributed by atoms with Crippen molar-refractivity contribution in [1.29, 1.82) is 0 Å². The molecule has 1 amide bonds. The number of hydrogen-bond donors (Lipinski definition) is 1. The Balaban J connectivity index is 1.46. The van der Waals surface area contributed by atoms with Crippen molar-refractivity contribution in [1.82, 2.24) is 5.01 Å². The molecule has 158 valence electrons. The molecule has 3 rings (SSSR count). The number of carbonyl (C=O) groups is 2. The maximum Gasteiger partial charge on any atom is 0.303 e. The SMILES string of the molecule is CN(N=C[C@@H]1[C@@H](CCCCCCC(=O)O)[C@@H]2CC[C@H]1O2)C(=O)C1CCCCC1. The summed E-state index contributed by atoms with van der Waals surface area (Å²) < 4.78 is 6.14. The summed E-state index contributed by atoms with van der Waals surface area (Å²) >= 11 is 0. The van der Waals surface area contributed by atoms with E-state index in [0.717, 1.165) is 70.6 Å². The molecular weight excluding hydrogens is 356 g/mol. The molecule has 1 aliphatic carbocycles. The second-order valence-electron chi connectivity index (χ2n) is 8.84. The van der Waals surface area contributed by atoms with Crippen LogP contribution in [0.1, 0.15) is 83.5 Å². The predicted molar refractivity (Wildman–Crippen MR) is 108 cm³/mol. The molecule has 6 nitrogen and oxygen atoms in total. The highest BCUT2D eigenvalue weighted by Gasteiger charge is 2.47. The van der Waals surface area contributed by atoms with Crippen LogP contribution in [0, 0.1) is 17.8 Å². The van der Waals surface area contributed by atoms with Gasteiger partial charge in [-0.05, 0) is 44.4 Å². The fraction of sp³-hybridized carbons (Fsp3) is 0.864. The van der Waals surface area contributed by atoms with Crippen molar-refractivity contribution < 1.29 is 19.4 Å². The quantitative estimate of drug-likeness (QED) is 0.343. The van der Waals surface area contributed by atoms with Gasteiger partial charge in [0.2, 0.25) is 5.91 Å². The number of ether oxygens (including phenoxy) is 1. The van der Waals surface area contributed by atoms with Crippen LogP contribution in [0.5, 0.6) is 0 Å². The Morgan fingerprint density at radius 3 is 2.50 bits per heavy atom. The average Bonchev–Trinajstić information content (AvgIpc) is 3.30. The second-order valence-corrected chi connectivity index (χ2v) is 8.84. The van der Waals surface area contributed by atoms with Crippen molar-refractivity contribution in [3.63, 3.8) is 0 Å². The van der Waals surface area contributed by atoms with Gasteiger partial charge in [-0.25, -0.2) is 5.01 Å². The lowest BCUT2D eigenvalue weighted by atomic mass is 9.77. The van der Waals surface area contributed by atoms with Crippen LogP contribution >= 0.6 is 0 Å². The van der Waals surface area contributed by atoms with Gasteiger partial charge in [-0.2, -0.15) is 5.10 Å². The third kappa shape index (κ3) is 5.56. The molecule has 1 N–H and O–H groups in total. The molecule has 3 fully saturated rings. The monoisotopic (exact) mass is 392 g/mol. The fourth-order valence-electron chi connectivity index (χ4n) is 5.25. The van der Waals surface area contributed by atoms with Gasteiger partial charge in [-0.15, -0.1) is 0 Å². The van der Waals surface area contributed by atoms with Crippen LogP contribution in [0.15, 0.2) is 5.10 Å². The topological polar surface area (TPSA) is 79.2 Å². The first-order valence-electron chi connectivity index (χ1n) is 11.2. The van der Waals surface area contributed by atoms with Crippen molar-refractivity contribution in [2.75, 3.05) is 7.05 Å². The molecule has 28 heavy (non-hydrogen) atoms. The zero-order valence-corrected chi connectivity index (χ0v) is 17.2. The van der Waals surface area contributed by atoms with Crippen molar-refractivity contribution >= 4 is 18.1 Å². The molecule has 2 aliphatic heterocycles. The molecule has 0 radical (unpaired) electrons. The number of fused-ring (bicyclic) bond motifs is 2. The Labute approximate surface area is 168 Å². The molecule has 0 unspecified atom stereocenters. The number of carboxylic acid groups (broad SMARTS) is 1. The summed E-state index contributed by atoms with van der Waals surface area (Å²) in [5.74, 6) is 0.396. The van der Waals surface area contributed by atoms with Crippen LogP contribution in [0.3, 0.4) is 0 Å². The van der Waals surface area contributed by atoms with E-state index in [4.69, 9.17) is 9.84 Å². The second kappa shape index (κ2) is 10.4. The number of carbonyl (C=O) groups excluding carboxylic acids is 1. The van der Waals surface area contributed by atoms with E-state index in [1.165, 1.54) is 6.42 Å². The van der Waals surface area contributed by atoms with E-state index in [0.29, 0.717) is 17.9 Å². The van der Waals surface area contributed by atoms with Gasteiger partial charge < -0.3 is 9.84 Å². The van der Waals surface area contributed by atoms with Gasteiger partial charge in [0, 0.05) is 31.5 Å². The average molecular weight is 393 g/mol. The lowest BCUT2D eigenvalue weighted by Gasteiger charge is -2.26. The van der Waals surface area contributed by atoms with E-state index < -0.39 is 5.97 Å². The van der Waals surface area contributed by atoms with E-state index in [-0.39, 0.29) is 24.3 Å². The molecule has 0 spiro atoms. The van der Waals surface area contributed by atoms with Gasteiger partial charge >= 0.3 is 5.97 Å². The predicted octanol–water partition coefficient (Wildman–Crippen LogP) is 4.23. The lowest BCUT2D eigenvalue weighted by Crippen LogP contribution is -2.33. The highest BCUT2D eigenvalue weighted by Crippen LogP contribution is 2.45. The Bertz CT molecular complexity index is 559. The molecule has 3 aliphatic rings. The molecule has 4 atom stereocenters. The molecule has 0 aromatic heterocycles. The normalized spacial score (nSPS) is 30.2. The Kier molecular flexibility index (Phi) is 7.89. The zero-order chi connectivity index (χ0) is 19.9. The van der Waals surface area contributed by atoms with Gasteiger partial charge in [0.1, 0.15) is 0 Å². The smallest absolute Gasteiger partial charge is 0.303 e. The van der Waals surface area contributed by atoms with Crippen LogP contribution < -0.4 is 0 Å². The van der Waals surface area contributed by atoms with Crippen molar-refractivity contribution in [3.05, 3.63) is 0 Å². The Morgan fingerprint density at radius 2 is 1.75 bits per heavy atom. The minimum Gasteiger partial charge on any atom is -0.481 e. The van der Waals surface area contributed by atoms with Gasteiger partial charge in [0.05, 0.1) is 12.2 Å². The van der Waals surface area contributed by atoms with Crippen molar-refractivity contribution in [2.45, 2.75) is 95.7 Å². The van der Waals surface area contributed by atoms with Gasteiger partial charge in [-0.3, -0.25) is 9.59 Å². The van der Waals surface area contributed by atoms with E-state index in [1.54, 1.807) is 12.1 Å². The Morgan fingerprint density at radius 1 is 1.04 bits per heavy atom. The summed E-state index contributed by atoms with van der Waals surface area (Å²) in [6, 6.07) is 0. The minimum atomic E-state index is -0.704. The van der Waals surface area contributed by atoms with Crippen LogP contribution in [0.2, 0.25) is 0 Å². The molecule has 0 aromatic carbocycles. The third-order valence-corrected chi connectivity index (χ3v) is 6.85. The van der Waals surface area contributed by atoms with Gasteiger partial charge in [-0.1, -0.05) is 38.5 Å². The summed E-state index contributed by atoms with van der Waals surface area (Å²) in [5.41, 5.74) is 0. The highest BCUT2D eigenvalue weighted by molar-refractivity contribution is 5.79. The fourth-order valence-corrected chi connectivity index (χ4v) is 5.25. The lowest BCUT2D eigenvalue weighted by molar-refractivity contribution is -0.137. The van der Waals surface area contributed by atoms with E-state index in [9.17, 15) is 9.59 Å². The first kappa shape index (κ1) is 21.3. The number of nitrogens with zero attached hydrogens (tertiary/aromatic N) is 2. The van der Waals surface area contributed by atoms with Crippen LogP contribution in [0.25, 0.3) is 0 Å². The maximum atomic E-state index is 12.6. The zero-order valence-electron chi connectivity index (χ0n) is 17.2. The standard InChI is InChI=1S/C22H36N2O4/c1-24(22(27)16-9-5-4-6-10-16)23-15-18-17(19-13-14-20(18)28-19)11-7-2-3-8-12-21(25)26/h15-20H,2-14H2,1H3,(H,25,26)/t17-,18-,19+,20-/m1/s1. The number of hydrazone groups is 1. The highest BCUT2D eigenvalue weighted by atomic mass is 16.5. The van der Waals surface area contributed by atoms with Gasteiger partial charge in [0.15, 0.2) is 0 Å². The first-order chi connectivity index (χ1) is 13.6.